The minimum Gasteiger partial charge on any atom is -0.504 e. The van der Waals surface area contributed by atoms with Crippen LogP contribution in [0.4, 0.5) is 0 Å². The number of carbonyl (C=O) groups excluding carboxylic acids is 2. The minimum absolute atomic E-state index is 0. The molecule has 7 N–H and O–H groups in total. The average Bonchev–Trinajstić information content (AvgIpc) is 1.46. The van der Waals surface area contributed by atoms with E-state index in [-0.39, 0.29) is 106 Å². The van der Waals surface area contributed by atoms with Crippen LogP contribution in [0.5, 0.6) is 80.5 Å². The molecule has 0 saturated carbocycles. The number of ether oxygens (including phenoxy) is 12. The van der Waals surface area contributed by atoms with E-state index in [9.17, 15) is 40.4 Å². The van der Waals surface area contributed by atoms with Crippen molar-refractivity contribution >= 4 is 35.5 Å². The first kappa shape index (κ1) is 73.9. The lowest BCUT2D eigenvalue weighted by atomic mass is 9.71. The average molecular weight is 1510 g/mol. The molecule has 14 atom stereocenters. The van der Waals surface area contributed by atoms with E-state index in [0.717, 1.165) is 77.9 Å². The van der Waals surface area contributed by atoms with Crippen LogP contribution in [-0.4, -0.2) is 202 Å². The lowest BCUT2D eigenvalue weighted by molar-refractivity contribution is -0.186. The standard InChI is InChI=1S/C39H42N4O9S.C38H43N3O10S.2CH4/c1-17-9-20-10-22-23(13-40)43-24-14-50-38(46)39(21-12-26(47-4)25(44)11-19(21)7-8-41-39)15-53-37(31(43)30(42(22)3)27(20)32(45)33(17)48-5)29-28(24)36-35(51-16-52-36)18(2)34(29)49-6;1-16-9-19-10-21-36(44)41-22-13-49-37(45)38(20-12-24(46-4)23(42)11-18(20)7-8-39-38)14-52-35(29(41)28(40(21)3)25(19)30(43)31(16)47-5)27-26(22)34-33(50-15-51-34)17(2)32(27)48-6;;/h9,11-12,22-24,30-31,37,41,44-45H,7-8,10,14-16H2,1-6H3;9,11-12,21-22,28-29,35-36,39,42-44H,7-8,10,13-15H2,1-6H3;2*1H4/t22-,23-,24-,30+,31?,37+,39+;21-,22-,28+,29?,35+,36-,38+;;/m00../s1. The summed E-state index contributed by atoms with van der Waals surface area (Å²) in [7, 11) is 13.4. The molecule has 26 nitrogen and oxygen atoms in total. The molecule has 20 rings (SSSR count). The number of hydrogen-bond donors (Lipinski definition) is 7. The maximum Gasteiger partial charge on any atom is 0.331 e. The second-order valence-electron chi connectivity index (χ2n) is 29.2. The van der Waals surface area contributed by atoms with Gasteiger partial charge in [0.25, 0.3) is 0 Å². The summed E-state index contributed by atoms with van der Waals surface area (Å²) in [6.07, 6.45) is 1.27. The van der Waals surface area contributed by atoms with Crippen LogP contribution in [0, 0.1) is 39.0 Å². The summed E-state index contributed by atoms with van der Waals surface area (Å²) in [5.74, 6) is 4.70. The number of nitrogens with one attached hydrogen (secondary N) is 2. The molecule has 0 aromatic heterocycles. The zero-order chi connectivity index (χ0) is 73.5. The number of hydrogen-bond acceptors (Lipinski definition) is 28. The molecule has 4 saturated heterocycles. The Morgan fingerprint density at radius 1 is 0.523 bits per heavy atom. The highest BCUT2D eigenvalue weighted by Crippen LogP contribution is 2.68. The van der Waals surface area contributed by atoms with Gasteiger partial charge in [-0.05, 0) is 136 Å². The van der Waals surface area contributed by atoms with E-state index in [4.69, 9.17) is 56.8 Å². The minimum atomic E-state index is -1.29. The zero-order valence-corrected chi connectivity index (χ0v) is 62.0. The third-order valence-corrected chi connectivity index (χ3v) is 27.6. The number of phenolic OH excluding ortho intramolecular Hbond substituents is 4. The van der Waals surface area contributed by atoms with E-state index in [1.54, 1.807) is 76.2 Å². The Kier molecular flexibility index (Phi) is 18.8. The van der Waals surface area contributed by atoms with Crippen molar-refractivity contribution < 1.29 is 92.0 Å². The summed E-state index contributed by atoms with van der Waals surface area (Å²) in [6.45, 7) is 8.58. The second-order valence-corrected chi connectivity index (χ2v) is 31.5. The Hall–Kier alpha value is -8.63. The summed E-state index contributed by atoms with van der Waals surface area (Å²) in [5.41, 5.74) is 10.5. The largest absolute Gasteiger partial charge is 0.504 e. The number of esters is 2. The highest BCUT2D eigenvalue weighted by Gasteiger charge is 2.65. The van der Waals surface area contributed by atoms with E-state index in [1.807, 2.05) is 41.8 Å². The van der Waals surface area contributed by atoms with Crippen molar-refractivity contribution in [1.82, 2.24) is 30.2 Å². The maximum atomic E-state index is 14.7. The van der Waals surface area contributed by atoms with Gasteiger partial charge in [0.05, 0.1) is 89.4 Å². The SMILES string of the molecule is C.C.COc1cc2c(cc1O)CCN[C@]21CS[C@@H]2c3c(OC)c(C)c4c(c3[C@H](COC1=O)N1C2[C@H]2c3c(cc(C)c(OC)c3O)C[C@@H]([C@@H]1C#N)N2C)OCO4.COc1cc2c(cc1O)CCN[C@]21CS[C@@H]2c3c(OC)c(C)c4c(c3[C@H](COC1=O)N1C2[C@H]2c3c(cc(C)c(OC)c3O)C[C@@H]([C@@H]1O)N2C)OCO4. The number of nitriles is 1. The summed E-state index contributed by atoms with van der Waals surface area (Å²) in [4.78, 5) is 38.1. The van der Waals surface area contributed by atoms with Gasteiger partial charge >= 0.3 is 11.9 Å². The molecule has 0 amide bonds. The quantitative estimate of drug-likeness (QED) is 0.0766. The first-order valence-electron chi connectivity index (χ1n) is 35.4. The summed E-state index contributed by atoms with van der Waals surface area (Å²) >= 11 is 3.15. The fraction of sp³-hybridized carbons (Fsp3) is 0.506. The number of aryl methyl sites for hydroxylation is 2. The van der Waals surface area contributed by atoms with Gasteiger partial charge in [0.2, 0.25) is 13.6 Å². The van der Waals surface area contributed by atoms with Gasteiger partial charge in [0.1, 0.15) is 37.0 Å². The van der Waals surface area contributed by atoms with Crippen LogP contribution in [0.25, 0.3) is 0 Å². The van der Waals surface area contributed by atoms with Crippen molar-refractivity contribution in [2.45, 2.75) is 150 Å². The molecule has 570 valence electrons. The number of benzene rings is 6. The summed E-state index contributed by atoms with van der Waals surface area (Å²) < 4.78 is 72.5. The fourth-order valence-electron chi connectivity index (χ4n) is 20.2. The van der Waals surface area contributed by atoms with Crippen LogP contribution in [0.3, 0.4) is 0 Å². The van der Waals surface area contributed by atoms with Crippen molar-refractivity contribution in [2.24, 2.45) is 0 Å². The smallest absolute Gasteiger partial charge is 0.331 e. The third-order valence-electron chi connectivity index (χ3n) is 24.6. The van der Waals surface area contributed by atoms with Gasteiger partial charge in [-0.2, -0.15) is 5.26 Å². The Balaban J connectivity index is 0.000000168. The van der Waals surface area contributed by atoms with Gasteiger partial charge < -0.3 is 82.4 Å². The Morgan fingerprint density at radius 2 is 0.935 bits per heavy atom. The van der Waals surface area contributed by atoms with E-state index in [0.29, 0.717) is 95.9 Å². The van der Waals surface area contributed by atoms with Crippen LogP contribution in [0.2, 0.25) is 0 Å². The Bertz CT molecular complexity index is 4730. The van der Waals surface area contributed by atoms with Gasteiger partial charge in [-0.1, -0.05) is 27.0 Å². The molecule has 2 unspecified atom stereocenters. The van der Waals surface area contributed by atoms with Gasteiger partial charge in [-0.15, -0.1) is 23.5 Å². The van der Waals surface area contributed by atoms with Gasteiger partial charge in [-0.3, -0.25) is 30.2 Å². The molecule has 28 heteroatoms. The molecule has 14 aliphatic rings. The van der Waals surface area contributed by atoms with Crippen molar-refractivity contribution in [3.63, 3.8) is 0 Å². The molecule has 2 spiro atoms. The van der Waals surface area contributed by atoms with Crippen LogP contribution in [-0.2, 0) is 55.8 Å². The number of rotatable bonds is 6. The topological polar surface area (TPSA) is 307 Å². The van der Waals surface area contributed by atoms with Gasteiger partial charge in [0.15, 0.2) is 80.1 Å². The van der Waals surface area contributed by atoms with Crippen LogP contribution < -0.4 is 58.0 Å². The van der Waals surface area contributed by atoms with E-state index >= 15 is 0 Å². The number of piperazine rings is 2. The number of carbonyl (C=O) groups is 2. The van der Waals surface area contributed by atoms with Gasteiger partial charge in [-0.25, -0.2) is 9.59 Å². The molecule has 14 aliphatic heterocycles. The first-order chi connectivity index (χ1) is 50.6. The predicted octanol–water partition coefficient (Wildman–Crippen LogP) is 8.84. The number of methoxy groups -OCH3 is 6. The second kappa shape index (κ2) is 27.2. The summed E-state index contributed by atoms with van der Waals surface area (Å²) in [5, 5.41) is 75.3. The first-order valence-corrected chi connectivity index (χ1v) is 37.5. The molecular weight excluding hydrogens is 1420 g/mol. The molecule has 0 aliphatic carbocycles. The molecule has 8 bridgehead atoms. The molecule has 14 heterocycles. The van der Waals surface area contributed by atoms with E-state index in [1.165, 1.54) is 14.2 Å². The Morgan fingerprint density at radius 3 is 1.36 bits per heavy atom. The highest BCUT2D eigenvalue weighted by atomic mass is 32.2. The van der Waals surface area contributed by atoms with E-state index < -0.39 is 76.0 Å². The van der Waals surface area contributed by atoms with E-state index in [2.05, 4.69) is 48.4 Å². The zero-order valence-electron chi connectivity index (χ0n) is 60.4. The molecule has 6 aromatic rings. The molecule has 6 aromatic carbocycles. The third kappa shape index (κ3) is 10.3. The monoisotopic (exact) mass is 1510 g/mol. The number of aromatic hydroxyl groups is 4. The number of fused-ring (bicyclic) bond motifs is 18. The number of nitrogens with zero attached hydrogens (tertiary/aromatic N) is 5. The molecule has 107 heavy (non-hydrogen) atoms. The Labute approximate surface area is 630 Å². The number of aliphatic hydroxyl groups excluding tert-OH is 1. The number of aliphatic hydroxyl groups is 1. The lowest BCUT2D eigenvalue weighted by Crippen LogP contribution is -2.70. The normalized spacial score (nSPS) is 29.3. The lowest BCUT2D eigenvalue weighted by Gasteiger charge is -2.62. The van der Waals surface area contributed by atoms with Crippen molar-refractivity contribution in [2.75, 3.05) is 108 Å². The highest BCUT2D eigenvalue weighted by molar-refractivity contribution is 7.99. The number of likely N-dealkylation sites (N-methyl/N-ethyl adjacent to an activating group) is 2. The van der Waals surface area contributed by atoms with Crippen LogP contribution in [0.1, 0.15) is 139 Å². The molecular formula is C79H93N7O19S2. The van der Waals surface area contributed by atoms with Gasteiger partial charge in [0, 0.05) is 87.2 Å². The molecule has 4 fully saturated rings. The van der Waals surface area contributed by atoms with Crippen LogP contribution >= 0.6 is 23.5 Å². The predicted molar refractivity (Wildman–Crippen MR) is 397 cm³/mol. The molecule has 0 radical (unpaired) electrons. The van der Waals surface area contributed by atoms with Crippen LogP contribution in [0.15, 0.2) is 36.4 Å². The maximum absolute atomic E-state index is 14.7. The summed E-state index contributed by atoms with van der Waals surface area (Å²) in [6, 6.07) is 9.52. The number of phenols is 4. The van der Waals surface area contributed by atoms with Crippen molar-refractivity contribution in [3.05, 3.63) is 125 Å². The van der Waals surface area contributed by atoms with Crippen molar-refractivity contribution in [1.29, 1.82) is 5.26 Å². The van der Waals surface area contributed by atoms with Crippen molar-refractivity contribution in [3.8, 4) is 86.6 Å². The number of thioether (sulfide) groups is 2. The fourth-order valence-corrected chi connectivity index (χ4v) is 23.5.